The minimum atomic E-state index is -1.92. The number of rotatable bonds is 8. The van der Waals surface area contributed by atoms with E-state index >= 15 is 0 Å². The Balaban J connectivity index is 1.43. The average molecular weight is 637 g/mol. The molecule has 1 fully saturated rings. The standard InChI is InChI=1S/C32H28O14/c1-15(33)43-20-9-5-17(6-10-20)30-31(27(39)25-21(36)12-19(35)13-22(25)44-30)46-32-29(41)28(40)26(38)23(45-32)14-42-24(37)11-4-16-2-7-18(34)8-3-16/h2-13,23,26,28-29,32,34-36,38,40-41H,14H2,1H3/t23-,26-,28-,29-,32-/m1/s1. The lowest BCUT2D eigenvalue weighted by Crippen LogP contribution is -2.60. The molecule has 5 atom stereocenters. The summed E-state index contributed by atoms with van der Waals surface area (Å²) in [5.41, 5.74) is -0.385. The smallest absolute Gasteiger partial charge is 0.330 e. The summed E-state index contributed by atoms with van der Waals surface area (Å²) in [6, 6.07) is 13.6. The molecule has 5 rings (SSSR count). The molecule has 0 radical (unpaired) electrons. The number of phenolic OH excluding ortho intramolecular Hbond substituents is 3. The second kappa shape index (κ2) is 13.3. The highest BCUT2D eigenvalue weighted by Gasteiger charge is 2.46. The topological polar surface area (TPSA) is 223 Å². The van der Waals surface area contributed by atoms with Gasteiger partial charge in [-0.05, 0) is 48.0 Å². The van der Waals surface area contributed by atoms with E-state index in [0.29, 0.717) is 5.56 Å². The van der Waals surface area contributed by atoms with E-state index in [-0.39, 0.29) is 33.8 Å². The van der Waals surface area contributed by atoms with Gasteiger partial charge in [0.05, 0.1) is 0 Å². The quantitative estimate of drug-likeness (QED) is 0.0924. The fourth-order valence-corrected chi connectivity index (χ4v) is 4.64. The third-order valence-electron chi connectivity index (χ3n) is 6.89. The van der Waals surface area contributed by atoms with Crippen LogP contribution in [0, 0.1) is 0 Å². The molecule has 0 amide bonds. The highest BCUT2D eigenvalue weighted by atomic mass is 16.7. The molecule has 0 bridgehead atoms. The van der Waals surface area contributed by atoms with Crippen LogP contribution in [0.4, 0.5) is 0 Å². The molecule has 0 spiro atoms. The van der Waals surface area contributed by atoms with Crippen LogP contribution in [0.3, 0.4) is 0 Å². The van der Waals surface area contributed by atoms with Crippen LogP contribution in [0.5, 0.6) is 28.7 Å². The van der Waals surface area contributed by atoms with Crippen LogP contribution in [0.25, 0.3) is 28.4 Å². The molecular formula is C32H28O14. The molecule has 1 aromatic heterocycles. The average Bonchev–Trinajstić information content (AvgIpc) is 3.01. The van der Waals surface area contributed by atoms with Crippen LogP contribution >= 0.6 is 0 Å². The molecular weight excluding hydrogens is 608 g/mol. The lowest BCUT2D eigenvalue weighted by molar-refractivity contribution is -0.278. The van der Waals surface area contributed by atoms with Gasteiger partial charge in [0.15, 0.2) is 5.76 Å². The molecule has 2 heterocycles. The van der Waals surface area contributed by atoms with Crippen molar-refractivity contribution in [2.45, 2.75) is 37.6 Å². The number of carbonyl (C=O) groups excluding carboxylic acids is 2. The van der Waals surface area contributed by atoms with Gasteiger partial charge in [0.2, 0.25) is 17.5 Å². The van der Waals surface area contributed by atoms with Gasteiger partial charge in [0.25, 0.3) is 0 Å². The van der Waals surface area contributed by atoms with Gasteiger partial charge >= 0.3 is 11.9 Å². The van der Waals surface area contributed by atoms with Gasteiger partial charge in [-0.1, -0.05) is 12.1 Å². The van der Waals surface area contributed by atoms with Crippen molar-refractivity contribution in [1.29, 1.82) is 0 Å². The van der Waals surface area contributed by atoms with Crippen molar-refractivity contribution >= 4 is 29.0 Å². The predicted molar refractivity (Wildman–Crippen MR) is 158 cm³/mol. The number of hydrogen-bond acceptors (Lipinski definition) is 14. The summed E-state index contributed by atoms with van der Waals surface area (Å²) in [5, 5.41) is 61.2. The molecule has 14 heteroatoms. The first-order valence-electron chi connectivity index (χ1n) is 13.7. The summed E-state index contributed by atoms with van der Waals surface area (Å²) in [7, 11) is 0. The Morgan fingerprint density at radius 3 is 2.26 bits per heavy atom. The Bertz CT molecular complexity index is 1830. The summed E-state index contributed by atoms with van der Waals surface area (Å²) >= 11 is 0. The number of fused-ring (bicyclic) bond motifs is 1. The third kappa shape index (κ3) is 6.95. The maximum absolute atomic E-state index is 13.7. The molecule has 1 saturated heterocycles. The highest BCUT2D eigenvalue weighted by molar-refractivity contribution is 5.88. The monoisotopic (exact) mass is 636 g/mol. The highest BCUT2D eigenvalue weighted by Crippen LogP contribution is 2.37. The Morgan fingerprint density at radius 2 is 1.59 bits per heavy atom. The van der Waals surface area contributed by atoms with Gasteiger partial charge in [0.1, 0.15) is 65.0 Å². The van der Waals surface area contributed by atoms with Crippen molar-refractivity contribution in [2.75, 3.05) is 6.61 Å². The van der Waals surface area contributed by atoms with Gasteiger partial charge in [0, 0.05) is 30.7 Å². The van der Waals surface area contributed by atoms with Gasteiger partial charge < -0.3 is 54.0 Å². The number of ether oxygens (including phenoxy) is 4. The van der Waals surface area contributed by atoms with E-state index < -0.39 is 71.9 Å². The minimum absolute atomic E-state index is 0.0440. The third-order valence-corrected chi connectivity index (χ3v) is 6.89. The molecule has 46 heavy (non-hydrogen) atoms. The Kier molecular flexibility index (Phi) is 9.25. The van der Waals surface area contributed by atoms with Crippen molar-refractivity contribution < 1.29 is 63.6 Å². The number of phenols is 3. The first kappa shape index (κ1) is 32.0. The van der Waals surface area contributed by atoms with Crippen LogP contribution in [0.1, 0.15) is 12.5 Å². The van der Waals surface area contributed by atoms with Crippen LogP contribution < -0.4 is 14.9 Å². The molecule has 0 saturated carbocycles. The van der Waals surface area contributed by atoms with E-state index in [1.54, 1.807) is 12.1 Å². The molecule has 6 N–H and O–H groups in total. The molecule has 3 aromatic carbocycles. The number of esters is 2. The predicted octanol–water partition coefficient (Wildman–Crippen LogP) is 1.95. The second-order valence-electron chi connectivity index (χ2n) is 10.2. The van der Waals surface area contributed by atoms with Crippen LogP contribution in [-0.4, -0.2) is 79.9 Å². The summed E-state index contributed by atoms with van der Waals surface area (Å²) in [6.07, 6.45) is -6.29. The Hall–Kier alpha value is -5.41. The number of aliphatic hydroxyl groups excluding tert-OH is 3. The molecule has 4 aromatic rings. The lowest BCUT2D eigenvalue weighted by Gasteiger charge is -2.39. The Labute approximate surface area is 259 Å². The van der Waals surface area contributed by atoms with Crippen molar-refractivity contribution in [2.24, 2.45) is 0 Å². The molecule has 0 unspecified atom stereocenters. The molecule has 240 valence electrons. The van der Waals surface area contributed by atoms with Gasteiger partial charge in [-0.2, -0.15) is 0 Å². The molecule has 1 aliphatic heterocycles. The van der Waals surface area contributed by atoms with Crippen LogP contribution in [0.15, 0.2) is 76.0 Å². The number of aliphatic hydroxyl groups is 3. The first-order valence-corrected chi connectivity index (χ1v) is 13.7. The van der Waals surface area contributed by atoms with Crippen LogP contribution in [-0.2, 0) is 19.1 Å². The van der Waals surface area contributed by atoms with Crippen molar-refractivity contribution in [1.82, 2.24) is 0 Å². The lowest BCUT2D eigenvalue weighted by atomic mass is 9.99. The fourth-order valence-electron chi connectivity index (χ4n) is 4.64. The summed E-state index contributed by atoms with van der Waals surface area (Å²) in [5.74, 6) is -3.08. The van der Waals surface area contributed by atoms with Crippen LogP contribution in [0.2, 0.25) is 0 Å². The van der Waals surface area contributed by atoms with Gasteiger partial charge in [-0.3, -0.25) is 9.59 Å². The number of benzene rings is 3. The van der Waals surface area contributed by atoms with Crippen molar-refractivity contribution in [3.63, 3.8) is 0 Å². The summed E-state index contributed by atoms with van der Waals surface area (Å²) in [4.78, 5) is 37.3. The fraction of sp³-hybridized carbons (Fsp3) is 0.219. The maximum Gasteiger partial charge on any atom is 0.330 e. The van der Waals surface area contributed by atoms with E-state index in [4.69, 9.17) is 23.4 Å². The zero-order valence-corrected chi connectivity index (χ0v) is 24.0. The number of carbonyl (C=O) groups is 2. The van der Waals surface area contributed by atoms with E-state index in [1.807, 2.05) is 0 Å². The zero-order chi connectivity index (χ0) is 33.1. The molecule has 0 aliphatic carbocycles. The van der Waals surface area contributed by atoms with Gasteiger partial charge in [-0.15, -0.1) is 0 Å². The normalized spacial score (nSPS) is 21.3. The van der Waals surface area contributed by atoms with E-state index in [1.165, 1.54) is 49.4 Å². The van der Waals surface area contributed by atoms with E-state index in [9.17, 15) is 45.0 Å². The van der Waals surface area contributed by atoms with Crippen molar-refractivity contribution in [3.8, 4) is 40.1 Å². The summed E-state index contributed by atoms with van der Waals surface area (Å²) in [6.45, 7) is 0.616. The van der Waals surface area contributed by atoms with Gasteiger partial charge in [-0.25, -0.2) is 4.79 Å². The number of aromatic hydroxyl groups is 3. The SMILES string of the molecule is CC(=O)Oc1ccc(-c2oc3cc(O)cc(O)c3c(=O)c2O[C@H]2O[C@H](COC(=O)C=Cc3ccc(O)cc3)[C@@H](O)[C@@H](O)[C@H]2O)cc1. The Morgan fingerprint density at radius 1 is 0.891 bits per heavy atom. The molecule has 14 nitrogen and oxygen atoms in total. The minimum Gasteiger partial charge on any atom is -0.508 e. The zero-order valence-electron chi connectivity index (χ0n) is 24.0. The second-order valence-corrected chi connectivity index (χ2v) is 10.2. The summed E-state index contributed by atoms with van der Waals surface area (Å²) < 4.78 is 27.4. The largest absolute Gasteiger partial charge is 0.508 e. The van der Waals surface area contributed by atoms with Crippen molar-refractivity contribution in [3.05, 3.63) is 82.5 Å². The molecule has 1 aliphatic rings. The first-order chi connectivity index (χ1) is 21.9. The van der Waals surface area contributed by atoms with E-state index in [2.05, 4.69) is 0 Å². The van der Waals surface area contributed by atoms with E-state index in [0.717, 1.165) is 18.2 Å². The maximum atomic E-state index is 13.7. The number of hydrogen-bond donors (Lipinski definition) is 6.